The van der Waals surface area contributed by atoms with E-state index in [2.05, 4.69) is 6.92 Å². The van der Waals surface area contributed by atoms with Gasteiger partial charge in [0.2, 0.25) is 0 Å². The van der Waals surface area contributed by atoms with E-state index in [1.54, 1.807) is 23.4 Å². The topological polar surface area (TPSA) is 69.3 Å². The van der Waals surface area contributed by atoms with Gasteiger partial charge in [0.1, 0.15) is 16.8 Å². The summed E-state index contributed by atoms with van der Waals surface area (Å²) in [5.41, 5.74) is 2.06. The lowest BCUT2D eigenvalue weighted by Crippen LogP contribution is -2.26. The van der Waals surface area contributed by atoms with Gasteiger partial charge in [-0.3, -0.25) is 9.36 Å². The third-order valence-electron chi connectivity index (χ3n) is 4.32. The van der Waals surface area contributed by atoms with Gasteiger partial charge in [-0.1, -0.05) is 25.1 Å². The van der Waals surface area contributed by atoms with Crippen molar-refractivity contribution in [1.82, 2.24) is 14.1 Å². The first-order valence-electron chi connectivity index (χ1n) is 8.43. The molecule has 0 saturated heterocycles. The van der Waals surface area contributed by atoms with Crippen molar-refractivity contribution >= 4 is 33.7 Å². The van der Waals surface area contributed by atoms with Crippen LogP contribution < -0.4 is 10.3 Å². The lowest BCUT2D eigenvalue weighted by atomic mass is 10.2. The Morgan fingerprint density at radius 2 is 2.16 bits per heavy atom. The molecule has 3 aromatic rings. The van der Waals surface area contributed by atoms with Crippen LogP contribution in [0.2, 0.25) is 0 Å². The zero-order valence-corrected chi connectivity index (χ0v) is 15.6. The molecule has 3 rings (SSSR count). The van der Waals surface area contributed by atoms with Crippen molar-refractivity contribution in [3.05, 3.63) is 28.6 Å². The van der Waals surface area contributed by atoms with Gasteiger partial charge in [0.15, 0.2) is 5.16 Å². The van der Waals surface area contributed by atoms with E-state index < -0.39 is 0 Å². The van der Waals surface area contributed by atoms with Gasteiger partial charge in [-0.2, -0.15) is 0 Å². The van der Waals surface area contributed by atoms with Crippen LogP contribution >= 0.6 is 11.8 Å². The number of rotatable bonds is 7. The van der Waals surface area contributed by atoms with Gasteiger partial charge in [0, 0.05) is 18.2 Å². The Balaban J connectivity index is 2.29. The summed E-state index contributed by atoms with van der Waals surface area (Å²) < 4.78 is 8.78. The Bertz CT molecular complexity index is 962. The summed E-state index contributed by atoms with van der Waals surface area (Å²) in [6, 6.07) is 5.74. The molecule has 0 unspecified atom stereocenters. The van der Waals surface area contributed by atoms with Crippen molar-refractivity contribution in [1.29, 1.82) is 0 Å². The Morgan fingerprint density at radius 1 is 1.36 bits per heavy atom. The Morgan fingerprint density at radius 3 is 2.84 bits per heavy atom. The predicted molar refractivity (Wildman–Crippen MR) is 102 cm³/mol. The molecular formula is C18H23N3O3S. The van der Waals surface area contributed by atoms with Crippen molar-refractivity contribution < 1.29 is 9.84 Å². The smallest absolute Gasteiger partial charge is 0.278 e. The third-order valence-corrected chi connectivity index (χ3v) is 5.38. The van der Waals surface area contributed by atoms with Gasteiger partial charge in [0.25, 0.3) is 5.56 Å². The maximum Gasteiger partial charge on any atom is 0.278 e. The fourth-order valence-electron chi connectivity index (χ4n) is 2.97. The maximum absolute atomic E-state index is 13.1. The van der Waals surface area contributed by atoms with E-state index in [1.807, 2.05) is 29.8 Å². The molecular weight excluding hydrogens is 338 g/mol. The van der Waals surface area contributed by atoms with E-state index in [0.29, 0.717) is 16.2 Å². The number of ether oxygens (including phenoxy) is 1. The number of fused-ring (bicyclic) bond motifs is 3. The molecule has 0 atom stereocenters. The molecule has 0 aliphatic heterocycles. The molecule has 25 heavy (non-hydrogen) atoms. The minimum absolute atomic E-state index is 0.0911. The van der Waals surface area contributed by atoms with Crippen molar-refractivity contribution in [2.75, 3.05) is 19.5 Å². The average Bonchev–Trinajstić information content (AvgIpc) is 2.90. The SMILES string of the molecule is CCCCSc1nc2c3cc(OC)ccc3n(C)c2c(=O)n1CCO. The molecule has 1 aromatic carbocycles. The lowest BCUT2D eigenvalue weighted by molar-refractivity contribution is 0.268. The maximum atomic E-state index is 13.1. The van der Waals surface area contributed by atoms with Gasteiger partial charge >= 0.3 is 0 Å². The lowest BCUT2D eigenvalue weighted by Gasteiger charge is -2.11. The predicted octanol–water partition coefficient (Wildman–Crippen LogP) is 2.78. The molecule has 1 N–H and O–H groups in total. The standard InChI is InChI=1S/C18H23N3O3S/c1-4-5-10-25-18-19-15-13-11-12(24-3)6-7-14(13)20(2)16(15)17(23)21(18)8-9-22/h6-7,11,22H,4-5,8-10H2,1-3H3. The summed E-state index contributed by atoms with van der Waals surface area (Å²) in [4.78, 5) is 17.9. The first-order chi connectivity index (χ1) is 12.1. The molecule has 0 saturated carbocycles. The second kappa shape index (κ2) is 7.49. The molecule has 0 radical (unpaired) electrons. The van der Waals surface area contributed by atoms with Crippen molar-refractivity contribution in [3.63, 3.8) is 0 Å². The van der Waals surface area contributed by atoms with Crippen LogP contribution in [0.25, 0.3) is 21.9 Å². The summed E-state index contributed by atoms with van der Waals surface area (Å²) in [6.45, 7) is 2.29. The van der Waals surface area contributed by atoms with Crippen molar-refractivity contribution in [3.8, 4) is 5.75 Å². The Labute approximate surface area is 150 Å². The number of aliphatic hydroxyl groups is 1. The van der Waals surface area contributed by atoms with Crippen LogP contribution in [0.3, 0.4) is 0 Å². The highest BCUT2D eigenvalue weighted by Gasteiger charge is 2.18. The van der Waals surface area contributed by atoms with Gasteiger partial charge in [-0.25, -0.2) is 4.98 Å². The molecule has 134 valence electrons. The zero-order valence-electron chi connectivity index (χ0n) is 14.8. The second-order valence-electron chi connectivity index (χ2n) is 5.92. The number of aliphatic hydroxyl groups excluding tert-OH is 1. The van der Waals surface area contributed by atoms with Crippen LogP contribution in [0, 0.1) is 0 Å². The quantitative estimate of drug-likeness (QED) is 0.398. The number of aromatic nitrogens is 3. The molecule has 0 fully saturated rings. The average molecular weight is 361 g/mol. The summed E-state index contributed by atoms with van der Waals surface area (Å²) in [5, 5.41) is 10.9. The fourth-order valence-corrected chi connectivity index (χ4v) is 4.08. The fraction of sp³-hybridized carbons (Fsp3) is 0.444. The highest BCUT2D eigenvalue weighted by atomic mass is 32.2. The molecule has 6 nitrogen and oxygen atoms in total. The molecule has 0 bridgehead atoms. The molecule has 2 aromatic heterocycles. The number of aryl methyl sites for hydroxylation is 1. The van der Waals surface area contributed by atoms with Crippen LogP contribution in [0.5, 0.6) is 5.75 Å². The first-order valence-corrected chi connectivity index (χ1v) is 9.41. The molecule has 7 heteroatoms. The number of methoxy groups -OCH3 is 1. The number of benzene rings is 1. The van der Waals surface area contributed by atoms with Gasteiger partial charge in [-0.15, -0.1) is 0 Å². The minimum Gasteiger partial charge on any atom is -0.497 e. The zero-order chi connectivity index (χ0) is 18.0. The monoisotopic (exact) mass is 361 g/mol. The van der Waals surface area contributed by atoms with Crippen LogP contribution in [-0.4, -0.2) is 38.7 Å². The molecule has 0 amide bonds. The van der Waals surface area contributed by atoms with Crippen molar-refractivity contribution in [2.45, 2.75) is 31.5 Å². The number of thioether (sulfide) groups is 1. The summed E-state index contributed by atoms with van der Waals surface area (Å²) in [5.74, 6) is 1.63. The van der Waals surface area contributed by atoms with Crippen molar-refractivity contribution in [2.24, 2.45) is 7.05 Å². The molecule has 0 aliphatic rings. The van der Waals surface area contributed by atoms with E-state index in [1.165, 1.54) is 0 Å². The number of hydrogen-bond acceptors (Lipinski definition) is 5. The summed E-state index contributed by atoms with van der Waals surface area (Å²) >= 11 is 1.57. The van der Waals surface area contributed by atoms with E-state index in [4.69, 9.17) is 9.72 Å². The van der Waals surface area contributed by atoms with Gasteiger partial charge in [-0.05, 0) is 24.6 Å². The summed E-state index contributed by atoms with van der Waals surface area (Å²) in [6.07, 6.45) is 2.14. The van der Waals surface area contributed by atoms with E-state index in [0.717, 1.165) is 35.2 Å². The normalized spacial score (nSPS) is 11.5. The molecule has 2 heterocycles. The van der Waals surface area contributed by atoms with E-state index in [9.17, 15) is 9.90 Å². The van der Waals surface area contributed by atoms with Gasteiger partial charge in [0.05, 0.1) is 25.8 Å². The largest absolute Gasteiger partial charge is 0.497 e. The Kier molecular flexibility index (Phi) is 5.34. The Hall–Kier alpha value is -1.99. The highest BCUT2D eigenvalue weighted by Crippen LogP contribution is 2.30. The van der Waals surface area contributed by atoms with Gasteiger partial charge < -0.3 is 14.4 Å². The minimum atomic E-state index is -0.115. The van der Waals surface area contributed by atoms with Crippen LogP contribution in [0.1, 0.15) is 19.8 Å². The van der Waals surface area contributed by atoms with Crippen LogP contribution in [-0.2, 0) is 13.6 Å². The highest BCUT2D eigenvalue weighted by molar-refractivity contribution is 7.99. The first kappa shape index (κ1) is 17.8. The van der Waals surface area contributed by atoms with Crippen LogP contribution in [0.15, 0.2) is 28.2 Å². The van der Waals surface area contributed by atoms with Crippen LogP contribution in [0.4, 0.5) is 0 Å². The molecule has 0 spiro atoms. The number of nitrogens with zero attached hydrogens (tertiary/aromatic N) is 3. The number of hydrogen-bond donors (Lipinski definition) is 1. The second-order valence-corrected chi connectivity index (χ2v) is 6.98. The summed E-state index contributed by atoms with van der Waals surface area (Å²) in [7, 11) is 3.49. The van der Waals surface area contributed by atoms with E-state index >= 15 is 0 Å². The number of unbranched alkanes of at least 4 members (excludes halogenated alkanes) is 1. The van der Waals surface area contributed by atoms with E-state index in [-0.39, 0.29) is 18.7 Å². The third kappa shape index (κ3) is 3.14. The molecule has 0 aliphatic carbocycles.